The molecule has 0 fully saturated rings. The summed E-state index contributed by atoms with van der Waals surface area (Å²) < 4.78 is 54.8. The highest BCUT2D eigenvalue weighted by Gasteiger charge is 2.33. The highest BCUT2D eigenvalue weighted by atomic mass is 35.5. The van der Waals surface area contributed by atoms with Crippen LogP contribution in [-0.2, 0) is 26.1 Å². The third-order valence-electron chi connectivity index (χ3n) is 5.52. The summed E-state index contributed by atoms with van der Waals surface area (Å²) in [6.07, 6.45) is -3.29. The summed E-state index contributed by atoms with van der Waals surface area (Å²) in [6, 6.07) is 9.44. The fourth-order valence-electron chi connectivity index (χ4n) is 3.75. The van der Waals surface area contributed by atoms with Crippen molar-refractivity contribution in [2.45, 2.75) is 25.4 Å². The summed E-state index contributed by atoms with van der Waals surface area (Å²) in [5.41, 5.74) is 1.12. The number of aryl methyl sites for hydroxylation is 2. The zero-order valence-electron chi connectivity index (χ0n) is 17.8. The molecule has 2 aromatic heterocycles. The molecule has 0 bridgehead atoms. The number of carbonyl (C=O) groups is 1. The van der Waals surface area contributed by atoms with Crippen molar-refractivity contribution in [2.75, 3.05) is 0 Å². The number of halogens is 6. The average Bonchev–Trinajstić information content (AvgIpc) is 3.08. The van der Waals surface area contributed by atoms with E-state index in [1.54, 1.807) is 25.2 Å². The standard InChI is InChI=1S/C24H17Cl2F4N3O/c1-33-21-6-4-13(22(34)7-5-19-16(24(28,29)30)3-2-8-31-19)9-20(21)32-23(33)12-15-17(25)10-14(27)11-18(15)26/h2-4,6,8-11H,5,7,12H2,1H3. The molecule has 2 aromatic carbocycles. The Bertz CT molecular complexity index is 1380. The van der Waals surface area contributed by atoms with Crippen molar-refractivity contribution >= 4 is 40.0 Å². The lowest BCUT2D eigenvalue weighted by atomic mass is 10.0. The molecule has 34 heavy (non-hydrogen) atoms. The highest BCUT2D eigenvalue weighted by molar-refractivity contribution is 6.36. The van der Waals surface area contributed by atoms with E-state index in [4.69, 9.17) is 23.2 Å². The van der Waals surface area contributed by atoms with Crippen LogP contribution in [0.15, 0.2) is 48.7 Å². The third kappa shape index (κ3) is 4.93. The quantitative estimate of drug-likeness (QED) is 0.211. The van der Waals surface area contributed by atoms with E-state index in [0.29, 0.717) is 22.5 Å². The van der Waals surface area contributed by atoms with Crippen molar-refractivity contribution in [1.29, 1.82) is 0 Å². The molecule has 0 aliphatic rings. The molecule has 0 unspecified atom stereocenters. The zero-order valence-corrected chi connectivity index (χ0v) is 19.3. The number of fused-ring (bicyclic) bond motifs is 1. The Morgan fingerprint density at radius 2 is 1.79 bits per heavy atom. The molecule has 2 heterocycles. The molecule has 4 rings (SSSR count). The number of alkyl halides is 3. The van der Waals surface area contributed by atoms with E-state index in [2.05, 4.69) is 9.97 Å². The van der Waals surface area contributed by atoms with Crippen molar-refractivity contribution < 1.29 is 22.4 Å². The van der Waals surface area contributed by atoms with E-state index >= 15 is 0 Å². The Balaban J connectivity index is 1.56. The van der Waals surface area contributed by atoms with Crippen LogP contribution in [0.3, 0.4) is 0 Å². The smallest absolute Gasteiger partial charge is 0.331 e. The van der Waals surface area contributed by atoms with Gasteiger partial charge >= 0.3 is 6.18 Å². The molecular weight excluding hydrogens is 493 g/mol. The molecular formula is C24H17Cl2F4N3O. The summed E-state index contributed by atoms with van der Waals surface area (Å²) in [7, 11) is 1.79. The Labute approximate surface area is 202 Å². The summed E-state index contributed by atoms with van der Waals surface area (Å²) in [6.45, 7) is 0. The molecule has 10 heteroatoms. The van der Waals surface area contributed by atoms with Gasteiger partial charge in [-0.15, -0.1) is 0 Å². The van der Waals surface area contributed by atoms with E-state index in [0.717, 1.165) is 11.6 Å². The largest absolute Gasteiger partial charge is 0.418 e. The molecule has 0 aliphatic heterocycles. The molecule has 0 amide bonds. The number of aromatic nitrogens is 3. The van der Waals surface area contributed by atoms with Gasteiger partial charge in [-0.25, -0.2) is 9.37 Å². The van der Waals surface area contributed by atoms with E-state index in [1.807, 2.05) is 4.57 Å². The molecule has 4 nitrogen and oxygen atoms in total. The van der Waals surface area contributed by atoms with Crippen LogP contribution in [0, 0.1) is 5.82 Å². The number of pyridine rings is 1. The lowest BCUT2D eigenvalue weighted by Crippen LogP contribution is -2.12. The molecule has 0 spiro atoms. The lowest BCUT2D eigenvalue weighted by molar-refractivity contribution is -0.138. The number of Topliss-reactive ketones (excluding diaryl/α,β-unsaturated/α-hetero) is 1. The molecule has 0 N–H and O–H groups in total. The van der Waals surface area contributed by atoms with Crippen LogP contribution in [0.2, 0.25) is 10.0 Å². The topological polar surface area (TPSA) is 47.8 Å². The van der Waals surface area contributed by atoms with Gasteiger partial charge in [0, 0.05) is 41.7 Å². The van der Waals surface area contributed by atoms with Gasteiger partial charge in [0.25, 0.3) is 0 Å². The Kier molecular flexibility index (Phi) is 6.64. The summed E-state index contributed by atoms with van der Waals surface area (Å²) in [4.78, 5) is 21.1. The first-order valence-electron chi connectivity index (χ1n) is 10.2. The lowest BCUT2D eigenvalue weighted by Gasteiger charge is -2.11. The normalized spacial score (nSPS) is 11.9. The predicted octanol–water partition coefficient (Wildman–Crippen LogP) is 6.84. The van der Waals surface area contributed by atoms with Crippen molar-refractivity contribution in [3.05, 3.63) is 92.7 Å². The highest BCUT2D eigenvalue weighted by Crippen LogP contribution is 2.32. The van der Waals surface area contributed by atoms with Crippen molar-refractivity contribution in [1.82, 2.24) is 14.5 Å². The summed E-state index contributed by atoms with van der Waals surface area (Å²) in [5.74, 6) is -0.268. The Hall–Kier alpha value is -2.97. The van der Waals surface area contributed by atoms with Gasteiger partial charge < -0.3 is 4.57 Å². The van der Waals surface area contributed by atoms with E-state index in [-0.39, 0.29) is 40.8 Å². The van der Waals surface area contributed by atoms with Crippen LogP contribution in [0.5, 0.6) is 0 Å². The number of hydrogen-bond acceptors (Lipinski definition) is 3. The van der Waals surface area contributed by atoms with Gasteiger partial charge in [-0.2, -0.15) is 13.2 Å². The van der Waals surface area contributed by atoms with Crippen molar-refractivity contribution in [2.24, 2.45) is 7.05 Å². The van der Waals surface area contributed by atoms with Crippen molar-refractivity contribution in [3.8, 4) is 0 Å². The minimum absolute atomic E-state index is 0.133. The van der Waals surface area contributed by atoms with Gasteiger partial charge in [-0.05, 0) is 54.4 Å². The molecule has 176 valence electrons. The van der Waals surface area contributed by atoms with Crippen LogP contribution >= 0.6 is 23.2 Å². The minimum atomic E-state index is -4.54. The molecule has 0 saturated heterocycles. The fraction of sp³-hybridized carbons (Fsp3) is 0.208. The van der Waals surface area contributed by atoms with Crippen LogP contribution in [-0.4, -0.2) is 20.3 Å². The van der Waals surface area contributed by atoms with Crippen LogP contribution in [0.4, 0.5) is 17.6 Å². The van der Waals surface area contributed by atoms with Gasteiger partial charge in [0.05, 0.1) is 22.3 Å². The second kappa shape index (κ2) is 9.35. The third-order valence-corrected chi connectivity index (χ3v) is 6.20. The molecule has 0 atom stereocenters. The second-order valence-corrected chi connectivity index (χ2v) is 8.55. The number of rotatable bonds is 6. The molecule has 0 radical (unpaired) electrons. The van der Waals surface area contributed by atoms with Crippen LogP contribution in [0.25, 0.3) is 11.0 Å². The van der Waals surface area contributed by atoms with Crippen LogP contribution < -0.4 is 0 Å². The number of imidazole rings is 1. The second-order valence-electron chi connectivity index (χ2n) is 7.73. The number of nitrogens with zero attached hydrogens (tertiary/aromatic N) is 3. The fourth-order valence-corrected chi connectivity index (χ4v) is 4.35. The number of ketones is 1. The number of carbonyl (C=O) groups excluding carboxylic acids is 1. The maximum Gasteiger partial charge on any atom is 0.418 e. The van der Waals surface area contributed by atoms with E-state index < -0.39 is 17.6 Å². The number of benzene rings is 2. The summed E-state index contributed by atoms with van der Waals surface area (Å²) >= 11 is 12.3. The first-order valence-corrected chi connectivity index (χ1v) is 10.9. The monoisotopic (exact) mass is 509 g/mol. The first kappa shape index (κ1) is 24.2. The van der Waals surface area contributed by atoms with Crippen LogP contribution in [0.1, 0.15) is 39.4 Å². The van der Waals surface area contributed by atoms with E-state index in [9.17, 15) is 22.4 Å². The maximum atomic E-state index is 13.5. The average molecular weight is 510 g/mol. The Morgan fingerprint density at radius 3 is 2.47 bits per heavy atom. The number of hydrogen-bond donors (Lipinski definition) is 0. The minimum Gasteiger partial charge on any atom is -0.331 e. The van der Waals surface area contributed by atoms with Gasteiger partial charge in [0.2, 0.25) is 0 Å². The molecule has 0 saturated carbocycles. The van der Waals surface area contributed by atoms with Gasteiger partial charge in [0.15, 0.2) is 5.78 Å². The van der Waals surface area contributed by atoms with Crippen molar-refractivity contribution in [3.63, 3.8) is 0 Å². The molecule has 4 aromatic rings. The maximum absolute atomic E-state index is 13.5. The molecule has 0 aliphatic carbocycles. The zero-order chi connectivity index (χ0) is 24.6. The predicted molar refractivity (Wildman–Crippen MR) is 122 cm³/mol. The first-order chi connectivity index (χ1) is 16.0. The summed E-state index contributed by atoms with van der Waals surface area (Å²) in [5, 5.41) is 0.362. The van der Waals surface area contributed by atoms with E-state index in [1.165, 1.54) is 24.4 Å². The van der Waals surface area contributed by atoms with Gasteiger partial charge in [0.1, 0.15) is 11.6 Å². The van der Waals surface area contributed by atoms with Gasteiger partial charge in [-0.1, -0.05) is 23.2 Å². The SMILES string of the molecule is Cn1c(Cc2c(Cl)cc(F)cc2Cl)nc2cc(C(=O)CCc3ncccc3C(F)(F)F)ccc21. The Morgan fingerprint density at radius 1 is 1.09 bits per heavy atom. The van der Waals surface area contributed by atoms with Gasteiger partial charge in [-0.3, -0.25) is 9.78 Å².